The third-order valence-corrected chi connectivity index (χ3v) is 6.32. The van der Waals surface area contributed by atoms with Crippen molar-refractivity contribution in [3.8, 4) is 0 Å². The number of nitrogens with zero attached hydrogens (tertiary/aromatic N) is 5. The van der Waals surface area contributed by atoms with Crippen molar-refractivity contribution < 1.29 is 4.52 Å². The molecule has 0 aromatic carbocycles. The van der Waals surface area contributed by atoms with E-state index in [2.05, 4.69) is 51.8 Å². The molecule has 2 atom stereocenters. The molecular formula is C22H25BN6O. The second kappa shape index (κ2) is 8.09. The summed E-state index contributed by atoms with van der Waals surface area (Å²) in [4.78, 5) is 9.00. The van der Waals surface area contributed by atoms with E-state index in [9.17, 15) is 0 Å². The summed E-state index contributed by atoms with van der Waals surface area (Å²) in [5, 5.41) is 12.0. The molecule has 8 heteroatoms. The third-order valence-electron chi connectivity index (χ3n) is 6.32. The van der Waals surface area contributed by atoms with Crippen LogP contribution in [0.25, 0.3) is 11.2 Å². The molecule has 1 N–H and O–H groups in total. The molecule has 3 heterocycles. The van der Waals surface area contributed by atoms with Crippen LogP contribution in [0.3, 0.4) is 0 Å². The van der Waals surface area contributed by atoms with Crippen LogP contribution in [0.1, 0.15) is 56.5 Å². The lowest BCUT2D eigenvalue weighted by molar-refractivity contribution is 0.415. The Morgan fingerprint density at radius 1 is 1.27 bits per heavy atom. The first-order chi connectivity index (χ1) is 14.7. The summed E-state index contributed by atoms with van der Waals surface area (Å²) in [5.74, 6) is 2.77. The van der Waals surface area contributed by atoms with Crippen LogP contribution in [0.15, 0.2) is 41.4 Å². The standard InChI is InChI=1S/C22H25BN6O/c1-14-9-16(21-25-13-30-28-21)7-8-17(14)11-24-20-10-19(15-5-3-2-4-6-15)27-22-18(23)12-26-29(20)22/h7-10,12-15,17,24H,2-6,11H2,1H3. The van der Waals surface area contributed by atoms with Gasteiger partial charge in [-0.1, -0.05) is 49.6 Å². The fourth-order valence-electron chi connectivity index (χ4n) is 4.52. The van der Waals surface area contributed by atoms with Crippen molar-refractivity contribution in [3.05, 3.63) is 48.4 Å². The molecule has 0 aliphatic heterocycles. The highest BCUT2D eigenvalue weighted by atomic mass is 16.5. The second-order valence-corrected chi connectivity index (χ2v) is 8.38. The number of hydrogen-bond donors (Lipinski definition) is 1. The molecule has 7 nitrogen and oxygen atoms in total. The number of nitrogens with one attached hydrogen (secondary N) is 1. The highest BCUT2D eigenvalue weighted by Gasteiger charge is 2.22. The Bertz CT molecular complexity index is 1080. The maximum absolute atomic E-state index is 6.15. The number of allylic oxidation sites excluding steroid dienone is 3. The van der Waals surface area contributed by atoms with Gasteiger partial charge in [-0.2, -0.15) is 14.6 Å². The van der Waals surface area contributed by atoms with Crippen LogP contribution in [0, 0.1) is 11.8 Å². The number of rotatable bonds is 5. The number of fused-ring (bicyclic) bond motifs is 1. The van der Waals surface area contributed by atoms with Gasteiger partial charge in [-0.05, 0) is 24.2 Å². The van der Waals surface area contributed by atoms with Crippen LogP contribution >= 0.6 is 0 Å². The van der Waals surface area contributed by atoms with Crippen molar-refractivity contribution in [3.63, 3.8) is 0 Å². The van der Waals surface area contributed by atoms with Gasteiger partial charge in [0, 0.05) is 41.9 Å². The molecule has 1 saturated carbocycles. The van der Waals surface area contributed by atoms with Gasteiger partial charge in [0.25, 0.3) is 0 Å². The molecule has 0 saturated heterocycles. The minimum atomic E-state index is 0.342. The van der Waals surface area contributed by atoms with E-state index < -0.39 is 0 Å². The van der Waals surface area contributed by atoms with Crippen molar-refractivity contribution >= 4 is 30.3 Å². The molecule has 3 aromatic heterocycles. The zero-order chi connectivity index (χ0) is 20.5. The molecule has 152 valence electrons. The predicted octanol–water partition coefficient (Wildman–Crippen LogP) is 3.27. The zero-order valence-corrected chi connectivity index (χ0v) is 17.2. The number of hydrogen-bond acceptors (Lipinski definition) is 6. The molecule has 3 aromatic rings. The van der Waals surface area contributed by atoms with Crippen LogP contribution in [0.4, 0.5) is 5.82 Å². The number of anilines is 1. The van der Waals surface area contributed by atoms with Crippen molar-refractivity contribution in [1.29, 1.82) is 0 Å². The Hall–Kier alpha value is -2.90. The SMILES string of the molecule is [B]c1cnn2c(NCC3C=CC(c4ncon4)=CC3C)cc(C3CCCCC3)nc12. The van der Waals surface area contributed by atoms with E-state index in [1.165, 1.54) is 38.5 Å². The largest absolute Gasteiger partial charge is 0.369 e. The maximum atomic E-state index is 6.15. The molecule has 0 spiro atoms. The minimum Gasteiger partial charge on any atom is -0.369 e. The van der Waals surface area contributed by atoms with Crippen LogP contribution in [-0.2, 0) is 0 Å². The fourth-order valence-corrected chi connectivity index (χ4v) is 4.52. The average molecular weight is 400 g/mol. The summed E-state index contributed by atoms with van der Waals surface area (Å²) in [6, 6.07) is 2.16. The summed E-state index contributed by atoms with van der Waals surface area (Å²) >= 11 is 0. The zero-order valence-electron chi connectivity index (χ0n) is 17.2. The lowest BCUT2D eigenvalue weighted by atomic mass is 9.86. The van der Waals surface area contributed by atoms with Gasteiger partial charge < -0.3 is 9.84 Å². The normalized spacial score (nSPS) is 22.4. The van der Waals surface area contributed by atoms with Crippen LogP contribution in [-0.4, -0.2) is 39.1 Å². The lowest BCUT2D eigenvalue weighted by Crippen LogP contribution is -2.22. The summed E-state index contributed by atoms with van der Waals surface area (Å²) in [5.41, 5.74) is 3.49. The minimum absolute atomic E-state index is 0.342. The summed E-state index contributed by atoms with van der Waals surface area (Å²) in [6.45, 7) is 2.99. The van der Waals surface area contributed by atoms with Gasteiger partial charge in [-0.15, -0.1) is 0 Å². The Labute approximate surface area is 177 Å². The number of aromatic nitrogens is 5. The smallest absolute Gasteiger partial charge is 0.214 e. The van der Waals surface area contributed by atoms with Gasteiger partial charge in [-0.3, -0.25) is 0 Å². The van der Waals surface area contributed by atoms with Gasteiger partial charge in [0.05, 0.1) is 0 Å². The highest BCUT2D eigenvalue weighted by molar-refractivity contribution is 6.36. The van der Waals surface area contributed by atoms with Crippen molar-refractivity contribution in [2.45, 2.75) is 44.9 Å². The summed E-state index contributed by atoms with van der Waals surface area (Å²) in [6.07, 6.45) is 15.8. The maximum Gasteiger partial charge on any atom is 0.214 e. The van der Waals surface area contributed by atoms with E-state index in [0.717, 1.165) is 29.3 Å². The molecule has 30 heavy (non-hydrogen) atoms. The topological polar surface area (TPSA) is 81.1 Å². The lowest BCUT2D eigenvalue weighted by Gasteiger charge is -2.24. The van der Waals surface area contributed by atoms with Crippen molar-refractivity contribution in [1.82, 2.24) is 24.7 Å². The molecule has 1 fully saturated rings. The first-order valence-corrected chi connectivity index (χ1v) is 10.7. The highest BCUT2D eigenvalue weighted by Crippen LogP contribution is 2.33. The van der Waals surface area contributed by atoms with Crippen LogP contribution in [0.2, 0.25) is 0 Å². The Morgan fingerprint density at radius 2 is 2.13 bits per heavy atom. The van der Waals surface area contributed by atoms with Gasteiger partial charge in [0.1, 0.15) is 19.3 Å². The monoisotopic (exact) mass is 400 g/mol. The Balaban J connectivity index is 1.36. The molecule has 5 rings (SSSR count). The van der Waals surface area contributed by atoms with Gasteiger partial charge in [0.2, 0.25) is 12.2 Å². The second-order valence-electron chi connectivity index (χ2n) is 8.38. The van der Waals surface area contributed by atoms with Gasteiger partial charge in [-0.25, -0.2) is 4.98 Å². The fraction of sp³-hybridized carbons (Fsp3) is 0.455. The van der Waals surface area contributed by atoms with Crippen LogP contribution in [0.5, 0.6) is 0 Å². The van der Waals surface area contributed by atoms with E-state index in [1.807, 2.05) is 4.52 Å². The molecule has 0 bridgehead atoms. The molecule has 2 aliphatic carbocycles. The summed E-state index contributed by atoms with van der Waals surface area (Å²) < 4.78 is 6.68. The Kier molecular flexibility index (Phi) is 5.15. The molecule has 2 aliphatic rings. The molecule has 2 unspecified atom stereocenters. The van der Waals surface area contributed by atoms with Crippen molar-refractivity contribution in [2.24, 2.45) is 11.8 Å². The van der Waals surface area contributed by atoms with E-state index in [0.29, 0.717) is 29.0 Å². The van der Waals surface area contributed by atoms with Gasteiger partial charge in [0.15, 0.2) is 0 Å². The van der Waals surface area contributed by atoms with E-state index >= 15 is 0 Å². The van der Waals surface area contributed by atoms with Crippen molar-refractivity contribution in [2.75, 3.05) is 11.9 Å². The van der Waals surface area contributed by atoms with Crippen LogP contribution < -0.4 is 10.8 Å². The first-order valence-electron chi connectivity index (χ1n) is 10.7. The summed E-state index contributed by atoms with van der Waals surface area (Å²) in [7, 11) is 6.15. The molecule has 2 radical (unpaired) electrons. The van der Waals surface area contributed by atoms with E-state index in [1.54, 1.807) is 6.20 Å². The first kappa shape index (κ1) is 19.1. The van der Waals surface area contributed by atoms with E-state index in [4.69, 9.17) is 17.4 Å². The quantitative estimate of drug-likeness (QED) is 0.662. The Morgan fingerprint density at radius 3 is 2.90 bits per heavy atom. The average Bonchev–Trinajstić information content (AvgIpc) is 3.44. The van der Waals surface area contributed by atoms with Gasteiger partial charge >= 0.3 is 0 Å². The molecule has 0 amide bonds. The third kappa shape index (κ3) is 3.66. The predicted molar refractivity (Wildman–Crippen MR) is 117 cm³/mol. The molecular weight excluding hydrogens is 375 g/mol. The van der Waals surface area contributed by atoms with E-state index in [-0.39, 0.29) is 0 Å².